The number of benzene rings is 2. The summed E-state index contributed by atoms with van der Waals surface area (Å²) in [6.07, 6.45) is 4.08. The molecular formula is C22H20FN3O2S. The number of thiazole rings is 1. The third-order valence-electron chi connectivity index (χ3n) is 4.73. The molecule has 1 fully saturated rings. The van der Waals surface area contributed by atoms with Crippen LogP contribution in [-0.2, 0) is 11.2 Å². The van der Waals surface area contributed by atoms with Crippen LogP contribution >= 0.6 is 11.3 Å². The summed E-state index contributed by atoms with van der Waals surface area (Å²) in [6, 6.07) is 12.0. The van der Waals surface area contributed by atoms with Crippen molar-refractivity contribution in [2.24, 2.45) is 5.92 Å². The molecule has 1 aromatic heterocycles. The van der Waals surface area contributed by atoms with Crippen molar-refractivity contribution in [1.82, 2.24) is 4.98 Å². The van der Waals surface area contributed by atoms with E-state index in [0.29, 0.717) is 28.4 Å². The number of rotatable bonds is 6. The molecule has 3 aromatic rings. The van der Waals surface area contributed by atoms with Crippen molar-refractivity contribution in [1.29, 1.82) is 0 Å². The average Bonchev–Trinajstić information content (AvgIpc) is 3.47. The molecule has 7 heteroatoms. The lowest BCUT2D eigenvalue weighted by atomic mass is 10.1. The number of anilines is 2. The first-order chi connectivity index (χ1) is 14.0. The molecule has 1 aliphatic rings. The number of hydrogen-bond donors (Lipinski definition) is 2. The predicted octanol–water partition coefficient (Wildman–Crippen LogP) is 4.78. The molecule has 0 spiro atoms. The van der Waals surface area contributed by atoms with Crippen molar-refractivity contribution in [3.8, 4) is 0 Å². The molecule has 4 rings (SSSR count). The van der Waals surface area contributed by atoms with E-state index < -0.39 is 0 Å². The van der Waals surface area contributed by atoms with Crippen LogP contribution in [0, 0.1) is 18.7 Å². The molecule has 0 atom stereocenters. The first-order valence-electron chi connectivity index (χ1n) is 9.40. The molecule has 0 saturated heterocycles. The zero-order valence-corrected chi connectivity index (χ0v) is 16.7. The number of nitrogens with zero attached hydrogens (tertiary/aromatic N) is 1. The summed E-state index contributed by atoms with van der Waals surface area (Å²) >= 11 is 1.35. The van der Waals surface area contributed by atoms with Crippen molar-refractivity contribution >= 4 is 34.0 Å². The average molecular weight is 409 g/mol. The topological polar surface area (TPSA) is 71.1 Å². The fourth-order valence-electron chi connectivity index (χ4n) is 2.89. The summed E-state index contributed by atoms with van der Waals surface area (Å²) < 4.78 is 13.7. The number of amides is 2. The summed E-state index contributed by atoms with van der Waals surface area (Å²) in [5.41, 5.74) is 2.52. The van der Waals surface area contributed by atoms with Crippen LogP contribution in [0.2, 0.25) is 0 Å². The lowest BCUT2D eigenvalue weighted by Gasteiger charge is -2.07. The number of carbonyl (C=O) groups is 2. The van der Waals surface area contributed by atoms with Gasteiger partial charge in [0.1, 0.15) is 5.82 Å². The fourth-order valence-corrected chi connectivity index (χ4v) is 3.73. The summed E-state index contributed by atoms with van der Waals surface area (Å²) in [7, 11) is 0. The van der Waals surface area contributed by atoms with Gasteiger partial charge in [0, 0.05) is 34.7 Å². The van der Waals surface area contributed by atoms with Crippen LogP contribution in [0.3, 0.4) is 0 Å². The Bertz CT molecular complexity index is 1080. The number of aromatic nitrogens is 1. The van der Waals surface area contributed by atoms with E-state index in [9.17, 15) is 14.0 Å². The molecule has 148 valence electrons. The van der Waals surface area contributed by atoms with Gasteiger partial charge in [0.2, 0.25) is 5.91 Å². The molecular weight excluding hydrogens is 389 g/mol. The normalized spacial score (nSPS) is 13.2. The molecule has 2 aromatic carbocycles. The highest BCUT2D eigenvalue weighted by Crippen LogP contribution is 2.30. The highest BCUT2D eigenvalue weighted by atomic mass is 32.1. The number of hydrogen-bond acceptors (Lipinski definition) is 4. The minimum atomic E-state index is -0.296. The Hall–Kier alpha value is -3.06. The molecule has 2 amide bonds. The Morgan fingerprint density at radius 1 is 1.17 bits per heavy atom. The van der Waals surface area contributed by atoms with Gasteiger partial charge in [0.05, 0.1) is 0 Å². The van der Waals surface area contributed by atoms with Gasteiger partial charge in [-0.25, -0.2) is 9.37 Å². The highest BCUT2D eigenvalue weighted by molar-refractivity contribution is 7.15. The molecule has 2 N–H and O–H groups in total. The van der Waals surface area contributed by atoms with Crippen molar-refractivity contribution in [2.45, 2.75) is 26.2 Å². The number of aryl methyl sites for hydroxylation is 1. The van der Waals surface area contributed by atoms with E-state index in [-0.39, 0.29) is 23.5 Å². The van der Waals surface area contributed by atoms with Gasteiger partial charge in [0.25, 0.3) is 5.91 Å². The number of carbonyl (C=O) groups excluding carboxylic acids is 2. The second kappa shape index (κ2) is 8.13. The lowest BCUT2D eigenvalue weighted by molar-refractivity contribution is -0.117. The molecule has 1 aliphatic carbocycles. The smallest absolute Gasteiger partial charge is 0.257 e. The Morgan fingerprint density at radius 3 is 2.76 bits per heavy atom. The Kier molecular flexibility index (Phi) is 5.40. The maximum atomic E-state index is 13.7. The summed E-state index contributed by atoms with van der Waals surface area (Å²) in [5, 5.41) is 6.10. The summed E-state index contributed by atoms with van der Waals surface area (Å²) in [5.74, 6) is -0.424. The first-order valence-corrected chi connectivity index (χ1v) is 10.2. The van der Waals surface area contributed by atoms with Crippen molar-refractivity contribution in [3.63, 3.8) is 0 Å². The maximum Gasteiger partial charge on any atom is 0.257 e. The number of nitrogens with one attached hydrogen (secondary N) is 2. The molecule has 29 heavy (non-hydrogen) atoms. The van der Waals surface area contributed by atoms with E-state index in [4.69, 9.17) is 0 Å². The SMILES string of the molecule is Cc1ccc(Cc2cnc(NC(=O)c3cccc(NC(=O)C4CC4)c3)s2)cc1F. The van der Waals surface area contributed by atoms with Crippen molar-refractivity contribution < 1.29 is 14.0 Å². The standard InChI is InChI=1S/C22H20FN3O2S/c1-13-5-6-14(10-19(13)23)9-18-12-24-22(29-18)26-21(28)16-3-2-4-17(11-16)25-20(27)15-7-8-15/h2-6,10-12,15H,7-9H2,1H3,(H,25,27)(H,24,26,28). The van der Waals surface area contributed by atoms with E-state index in [1.54, 1.807) is 43.5 Å². The van der Waals surface area contributed by atoms with Gasteiger partial charge >= 0.3 is 0 Å². The molecule has 0 aliphatic heterocycles. The van der Waals surface area contributed by atoms with E-state index in [1.165, 1.54) is 17.4 Å². The van der Waals surface area contributed by atoms with Crippen LogP contribution in [0.1, 0.15) is 39.2 Å². The van der Waals surface area contributed by atoms with E-state index in [2.05, 4.69) is 15.6 Å². The van der Waals surface area contributed by atoms with Crippen molar-refractivity contribution in [2.75, 3.05) is 10.6 Å². The van der Waals surface area contributed by atoms with E-state index >= 15 is 0 Å². The van der Waals surface area contributed by atoms with Crippen LogP contribution in [0.4, 0.5) is 15.2 Å². The molecule has 1 saturated carbocycles. The maximum absolute atomic E-state index is 13.7. The fraction of sp³-hybridized carbons (Fsp3) is 0.227. The van der Waals surface area contributed by atoms with E-state index in [1.807, 2.05) is 6.07 Å². The quantitative estimate of drug-likeness (QED) is 0.615. The number of halogens is 1. The molecule has 1 heterocycles. The summed E-state index contributed by atoms with van der Waals surface area (Å²) in [6.45, 7) is 1.73. The largest absolute Gasteiger partial charge is 0.326 e. The van der Waals surface area contributed by atoms with Crippen LogP contribution in [-0.4, -0.2) is 16.8 Å². The Labute approximate surface area is 172 Å². The third kappa shape index (κ3) is 4.86. The van der Waals surface area contributed by atoms with Gasteiger partial charge in [-0.05, 0) is 55.2 Å². The molecule has 0 radical (unpaired) electrons. The predicted molar refractivity (Wildman–Crippen MR) is 112 cm³/mol. The minimum absolute atomic E-state index is 0.000309. The Morgan fingerprint density at radius 2 is 2.00 bits per heavy atom. The third-order valence-corrected chi connectivity index (χ3v) is 5.64. The first kappa shape index (κ1) is 19.3. The lowest BCUT2D eigenvalue weighted by Crippen LogP contribution is -2.15. The van der Waals surface area contributed by atoms with E-state index in [0.717, 1.165) is 23.3 Å². The van der Waals surface area contributed by atoms with Crippen LogP contribution in [0.25, 0.3) is 0 Å². The van der Waals surface area contributed by atoms with Gasteiger partial charge in [0.15, 0.2) is 5.13 Å². The molecule has 0 bridgehead atoms. The zero-order chi connectivity index (χ0) is 20.4. The second-order valence-corrected chi connectivity index (χ2v) is 8.31. The van der Waals surface area contributed by atoms with Crippen LogP contribution in [0.5, 0.6) is 0 Å². The Balaban J connectivity index is 1.39. The van der Waals surface area contributed by atoms with Gasteiger partial charge in [-0.3, -0.25) is 14.9 Å². The van der Waals surface area contributed by atoms with Gasteiger partial charge in [-0.1, -0.05) is 18.2 Å². The minimum Gasteiger partial charge on any atom is -0.326 e. The van der Waals surface area contributed by atoms with Gasteiger partial charge in [-0.15, -0.1) is 11.3 Å². The zero-order valence-electron chi connectivity index (χ0n) is 15.9. The highest BCUT2D eigenvalue weighted by Gasteiger charge is 2.29. The van der Waals surface area contributed by atoms with Gasteiger partial charge < -0.3 is 5.32 Å². The van der Waals surface area contributed by atoms with Crippen LogP contribution in [0.15, 0.2) is 48.7 Å². The second-order valence-electron chi connectivity index (χ2n) is 7.19. The molecule has 5 nitrogen and oxygen atoms in total. The van der Waals surface area contributed by atoms with Crippen molar-refractivity contribution in [3.05, 3.63) is 76.0 Å². The summed E-state index contributed by atoms with van der Waals surface area (Å²) in [4.78, 5) is 29.6. The van der Waals surface area contributed by atoms with Crippen LogP contribution < -0.4 is 10.6 Å². The monoisotopic (exact) mass is 409 g/mol. The van der Waals surface area contributed by atoms with Gasteiger partial charge in [-0.2, -0.15) is 0 Å². The molecule has 0 unspecified atom stereocenters.